The van der Waals surface area contributed by atoms with Crippen molar-refractivity contribution in [2.45, 2.75) is 19.8 Å². The van der Waals surface area contributed by atoms with Crippen LogP contribution in [0.2, 0.25) is 0 Å². The molecule has 28 heavy (non-hydrogen) atoms. The van der Waals surface area contributed by atoms with Crippen LogP contribution in [-0.2, 0) is 11.2 Å². The summed E-state index contributed by atoms with van der Waals surface area (Å²) in [4.78, 5) is 42.5. The van der Waals surface area contributed by atoms with Crippen molar-refractivity contribution in [2.75, 3.05) is 37.6 Å². The molecule has 0 saturated carbocycles. The first-order valence-electron chi connectivity index (χ1n) is 9.64. The van der Waals surface area contributed by atoms with Crippen molar-refractivity contribution in [1.82, 2.24) is 9.80 Å². The third-order valence-electron chi connectivity index (χ3n) is 5.41. The zero-order chi connectivity index (χ0) is 19.7. The summed E-state index contributed by atoms with van der Waals surface area (Å²) in [5.74, 6) is 0.253. The first-order valence-corrected chi connectivity index (χ1v) is 9.64. The standard InChI is InChI=1S/C21H23N3O4/c1-2-19(25)24-8-7-15-14-16(5-6-17(15)24)20(26)22-9-11-23(12-10-22)21(27)18-4-3-13-28-18/h3-6,13-14H,2,7-12H2,1H3. The van der Waals surface area contributed by atoms with Crippen molar-refractivity contribution in [3.8, 4) is 0 Å². The quantitative estimate of drug-likeness (QED) is 0.817. The Bertz CT molecular complexity index is 898. The predicted molar refractivity (Wildman–Crippen MR) is 103 cm³/mol. The Morgan fingerprint density at radius 2 is 1.68 bits per heavy atom. The van der Waals surface area contributed by atoms with Crippen LogP contribution in [0.25, 0.3) is 0 Å². The van der Waals surface area contributed by atoms with E-state index in [4.69, 9.17) is 4.42 Å². The summed E-state index contributed by atoms with van der Waals surface area (Å²) in [5.41, 5.74) is 2.59. The van der Waals surface area contributed by atoms with Crippen molar-refractivity contribution < 1.29 is 18.8 Å². The molecule has 0 atom stereocenters. The third kappa shape index (κ3) is 3.28. The Morgan fingerprint density at radius 3 is 2.32 bits per heavy atom. The lowest BCUT2D eigenvalue weighted by atomic mass is 10.1. The predicted octanol–water partition coefficient (Wildman–Crippen LogP) is 2.18. The number of carbonyl (C=O) groups is 3. The van der Waals surface area contributed by atoms with Crippen LogP contribution in [0.15, 0.2) is 41.0 Å². The molecule has 4 rings (SSSR count). The molecule has 3 heterocycles. The summed E-state index contributed by atoms with van der Waals surface area (Å²) in [7, 11) is 0. The minimum Gasteiger partial charge on any atom is -0.459 e. The van der Waals surface area contributed by atoms with Gasteiger partial charge in [-0.3, -0.25) is 14.4 Å². The summed E-state index contributed by atoms with van der Waals surface area (Å²) in [6.07, 6.45) is 2.73. The van der Waals surface area contributed by atoms with Gasteiger partial charge in [0.05, 0.1) is 6.26 Å². The second kappa shape index (κ2) is 7.50. The molecule has 7 heteroatoms. The molecule has 2 aliphatic heterocycles. The molecule has 0 bridgehead atoms. The van der Waals surface area contributed by atoms with Gasteiger partial charge in [0.25, 0.3) is 11.8 Å². The van der Waals surface area contributed by atoms with Gasteiger partial charge in [-0.1, -0.05) is 6.92 Å². The highest BCUT2D eigenvalue weighted by Crippen LogP contribution is 2.30. The van der Waals surface area contributed by atoms with Gasteiger partial charge in [0.15, 0.2) is 5.76 Å². The average molecular weight is 381 g/mol. The fourth-order valence-electron chi connectivity index (χ4n) is 3.84. The van der Waals surface area contributed by atoms with Gasteiger partial charge in [0.2, 0.25) is 5.91 Å². The van der Waals surface area contributed by atoms with Crippen molar-refractivity contribution in [2.24, 2.45) is 0 Å². The maximum Gasteiger partial charge on any atom is 0.289 e. The topological polar surface area (TPSA) is 74.1 Å². The van der Waals surface area contributed by atoms with Crippen LogP contribution in [0.5, 0.6) is 0 Å². The highest BCUT2D eigenvalue weighted by atomic mass is 16.3. The lowest BCUT2D eigenvalue weighted by molar-refractivity contribution is -0.118. The second-order valence-corrected chi connectivity index (χ2v) is 7.05. The van der Waals surface area contributed by atoms with Crippen LogP contribution >= 0.6 is 0 Å². The lowest BCUT2D eigenvalue weighted by Gasteiger charge is -2.34. The Labute approximate surface area is 163 Å². The maximum atomic E-state index is 12.9. The van der Waals surface area contributed by atoms with E-state index in [0.29, 0.717) is 50.5 Å². The van der Waals surface area contributed by atoms with E-state index in [0.717, 1.165) is 17.7 Å². The molecule has 0 radical (unpaired) electrons. The Morgan fingerprint density at radius 1 is 0.964 bits per heavy atom. The summed E-state index contributed by atoms with van der Waals surface area (Å²) >= 11 is 0. The Kier molecular flexibility index (Phi) is 4.90. The van der Waals surface area contributed by atoms with Crippen LogP contribution in [0.4, 0.5) is 5.69 Å². The number of fused-ring (bicyclic) bond motifs is 1. The molecule has 1 aromatic carbocycles. The molecule has 2 aromatic rings. The molecular formula is C21H23N3O4. The molecule has 146 valence electrons. The van der Waals surface area contributed by atoms with Gasteiger partial charge in [-0.05, 0) is 42.3 Å². The number of benzene rings is 1. The Hall–Kier alpha value is -3.09. The fraction of sp³-hybridized carbons (Fsp3) is 0.381. The van der Waals surface area contributed by atoms with Crippen LogP contribution in [0.1, 0.15) is 39.8 Å². The van der Waals surface area contributed by atoms with Gasteiger partial charge in [0, 0.05) is 50.4 Å². The molecule has 0 aliphatic carbocycles. The monoisotopic (exact) mass is 381 g/mol. The molecular weight excluding hydrogens is 358 g/mol. The van der Waals surface area contributed by atoms with Gasteiger partial charge in [-0.15, -0.1) is 0 Å². The van der Waals surface area contributed by atoms with Crippen LogP contribution in [-0.4, -0.2) is 60.2 Å². The number of furan rings is 1. The molecule has 0 spiro atoms. The minimum atomic E-state index is -0.143. The van der Waals surface area contributed by atoms with E-state index < -0.39 is 0 Å². The number of nitrogens with zero attached hydrogens (tertiary/aromatic N) is 3. The van der Waals surface area contributed by atoms with Crippen molar-refractivity contribution in [3.63, 3.8) is 0 Å². The SMILES string of the molecule is CCC(=O)N1CCc2cc(C(=O)N3CCN(C(=O)c4ccco4)CC3)ccc21. The zero-order valence-corrected chi connectivity index (χ0v) is 15.9. The number of rotatable bonds is 3. The summed E-state index contributed by atoms with van der Waals surface area (Å²) < 4.78 is 5.17. The van der Waals surface area contributed by atoms with Crippen molar-refractivity contribution in [1.29, 1.82) is 0 Å². The van der Waals surface area contributed by atoms with E-state index in [9.17, 15) is 14.4 Å². The minimum absolute atomic E-state index is 0.0341. The number of carbonyl (C=O) groups excluding carboxylic acids is 3. The lowest BCUT2D eigenvalue weighted by Crippen LogP contribution is -2.50. The first-order chi connectivity index (χ1) is 13.6. The molecule has 7 nitrogen and oxygen atoms in total. The normalized spacial score (nSPS) is 16.2. The largest absolute Gasteiger partial charge is 0.459 e. The van der Waals surface area contributed by atoms with Crippen LogP contribution in [0.3, 0.4) is 0 Å². The number of anilines is 1. The van der Waals surface area contributed by atoms with E-state index in [1.54, 1.807) is 32.9 Å². The van der Waals surface area contributed by atoms with Gasteiger partial charge in [-0.25, -0.2) is 0 Å². The number of piperazine rings is 1. The number of amides is 3. The van der Waals surface area contributed by atoms with Crippen molar-refractivity contribution >= 4 is 23.4 Å². The van der Waals surface area contributed by atoms with Crippen molar-refractivity contribution in [3.05, 3.63) is 53.5 Å². The third-order valence-corrected chi connectivity index (χ3v) is 5.41. The maximum absolute atomic E-state index is 12.9. The molecule has 0 unspecified atom stereocenters. The summed E-state index contributed by atoms with van der Waals surface area (Å²) in [6.45, 7) is 4.47. The number of hydrogen-bond donors (Lipinski definition) is 0. The zero-order valence-electron chi connectivity index (χ0n) is 15.9. The highest BCUT2D eigenvalue weighted by molar-refractivity contribution is 5.98. The van der Waals surface area contributed by atoms with E-state index in [1.807, 2.05) is 19.1 Å². The van der Waals surface area contributed by atoms with E-state index in [2.05, 4.69) is 0 Å². The van der Waals surface area contributed by atoms with E-state index in [-0.39, 0.29) is 17.7 Å². The number of hydrogen-bond acceptors (Lipinski definition) is 4. The molecule has 1 aromatic heterocycles. The van der Waals surface area contributed by atoms with Crippen LogP contribution in [0, 0.1) is 0 Å². The van der Waals surface area contributed by atoms with Gasteiger partial charge in [0.1, 0.15) is 0 Å². The average Bonchev–Trinajstić information content (AvgIpc) is 3.42. The molecule has 1 fully saturated rings. The molecule has 1 saturated heterocycles. The molecule has 2 aliphatic rings. The summed E-state index contributed by atoms with van der Waals surface area (Å²) in [5, 5.41) is 0. The second-order valence-electron chi connectivity index (χ2n) is 7.05. The molecule has 3 amide bonds. The molecule has 0 N–H and O–H groups in total. The smallest absolute Gasteiger partial charge is 0.289 e. The van der Waals surface area contributed by atoms with Gasteiger partial charge < -0.3 is 19.1 Å². The van der Waals surface area contributed by atoms with E-state index in [1.165, 1.54) is 6.26 Å². The highest BCUT2D eigenvalue weighted by Gasteiger charge is 2.28. The van der Waals surface area contributed by atoms with E-state index >= 15 is 0 Å². The first kappa shape index (κ1) is 18.3. The summed E-state index contributed by atoms with van der Waals surface area (Å²) in [6, 6.07) is 8.91. The van der Waals surface area contributed by atoms with Gasteiger partial charge >= 0.3 is 0 Å². The Balaban J connectivity index is 1.41. The van der Waals surface area contributed by atoms with Gasteiger partial charge in [-0.2, -0.15) is 0 Å². The fourth-order valence-corrected chi connectivity index (χ4v) is 3.84. The van der Waals surface area contributed by atoms with Crippen LogP contribution < -0.4 is 4.90 Å².